The van der Waals surface area contributed by atoms with E-state index in [1.807, 2.05) is 7.05 Å². The van der Waals surface area contributed by atoms with Crippen molar-refractivity contribution < 1.29 is 19.1 Å². The number of methoxy groups -OCH3 is 1. The lowest BCUT2D eigenvalue weighted by molar-refractivity contribution is -0.150. The fourth-order valence-corrected chi connectivity index (χ4v) is 5.78. The van der Waals surface area contributed by atoms with Gasteiger partial charge >= 0.3 is 11.9 Å². The maximum atomic E-state index is 12.3. The highest BCUT2D eigenvalue weighted by Gasteiger charge is 2.35. The van der Waals surface area contributed by atoms with Crippen LogP contribution in [-0.4, -0.2) is 38.7 Å². The van der Waals surface area contributed by atoms with Crippen molar-refractivity contribution in [1.82, 2.24) is 5.32 Å². The molecule has 1 aliphatic rings. The van der Waals surface area contributed by atoms with Crippen molar-refractivity contribution in [1.29, 1.82) is 0 Å². The molecule has 1 N–H and O–H groups in total. The third-order valence-corrected chi connectivity index (χ3v) is 8.51. The van der Waals surface area contributed by atoms with Crippen LogP contribution in [0.25, 0.3) is 0 Å². The fourth-order valence-electron chi connectivity index (χ4n) is 5.78. The third-order valence-electron chi connectivity index (χ3n) is 8.51. The standard InChI is InChI=1S/C35H65NO4/c1-4-5-6-7-9-13-19-25-33(40-35(38)28-22-29-36-2)26-20-16-15-18-24-32-30-31(32)23-17-12-10-8-11-14-21-27-34(37)39-3/h11,14,31-33,36H,4-10,12-13,15-30H2,1-3H3/b14-11+. The fraction of sp³-hybridized carbons (Fsp3) is 0.886. The summed E-state index contributed by atoms with van der Waals surface area (Å²) in [6.07, 6.45) is 32.9. The molecule has 0 saturated heterocycles. The number of hydrogen-bond acceptors (Lipinski definition) is 5. The summed E-state index contributed by atoms with van der Waals surface area (Å²) in [7, 11) is 3.38. The first-order valence-electron chi connectivity index (χ1n) is 17.2. The van der Waals surface area contributed by atoms with E-state index in [2.05, 4.69) is 29.1 Å². The van der Waals surface area contributed by atoms with E-state index in [4.69, 9.17) is 4.74 Å². The first kappa shape index (κ1) is 36.7. The number of carbonyl (C=O) groups excluding carboxylic acids is 2. The first-order chi connectivity index (χ1) is 19.6. The molecule has 1 saturated carbocycles. The Morgan fingerprint density at radius 2 is 1.30 bits per heavy atom. The Morgan fingerprint density at radius 1 is 0.725 bits per heavy atom. The Labute approximate surface area is 248 Å². The van der Waals surface area contributed by atoms with Gasteiger partial charge in [0.25, 0.3) is 0 Å². The topological polar surface area (TPSA) is 64.6 Å². The number of esters is 2. The minimum absolute atomic E-state index is 0.00456. The van der Waals surface area contributed by atoms with E-state index >= 15 is 0 Å². The van der Waals surface area contributed by atoms with Gasteiger partial charge in [0.1, 0.15) is 6.10 Å². The summed E-state index contributed by atoms with van der Waals surface area (Å²) in [4.78, 5) is 23.4. The summed E-state index contributed by atoms with van der Waals surface area (Å²) in [6.45, 7) is 3.14. The van der Waals surface area contributed by atoms with Gasteiger partial charge in [-0.05, 0) is 83.2 Å². The summed E-state index contributed by atoms with van der Waals surface area (Å²) in [5, 5.41) is 3.11. The van der Waals surface area contributed by atoms with Crippen molar-refractivity contribution in [3.63, 3.8) is 0 Å². The number of nitrogens with one attached hydrogen (secondary N) is 1. The minimum atomic E-state index is -0.125. The zero-order chi connectivity index (χ0) is 29.1. The number of ether oxygens (including phenoxy) is 2. The van der Waals surface area contributed by atoms with Crippen LogP contribution in [0.15, 0.2) is 12.2 Å². The highest BCUT2D eigenvalue weighted by molar-refractivity contribution is 5.69. The molecule has 3 atom stereocenters. The van der Waals surface area contributed by atoms with Gasteiger partial charge in [-0.3, -0.25) is 9.59 Å². The Hall–Kier alpha value is -1.36. The number of rotatable bonds is 29. The number of hydrogen-bond donors (Lipinski definition) is 1. The van der Waals surface area contributed by atoms with Crippen LogP contribution in [0.1, 0.15) is 161 Å². The maximum Gasteiger partial charge on any atom is 0.306 e. The number of carbonyl (C=O) groups is 2. The van der Waals surface area contributed by atoms with E-state index in [-0.39, 0.29) is 18.0 Å². The molecule has 1 rings (SSSR count). The average Bonchev–Trinajstić information content (AvgIpc) is 3.71. The van der Waals surface area contributed by atoms with Gasteiger partial charge in [-0.25, -0.2) is 0 Å². The molecule has 1 fully saturated rings. The predicted molar refractivity (Wildman–Crippen MR) is 168 cm³/mol. The van der Waals surface area contributed by atoms with Crippen molar-refractivity contribution >= 4 is 11.9 Å². The van der Waals surface area contributed by atoms with Gasteiger partial charge < -0.3 is 14.8 Å². The van der Waals surface area contributed by atoms with Crippen molar-refractivity contribution in [2.24, 2.45) is 11.8 Å². The summed E-state index contributed by atoms with van der Waals surface area (Å²) >= 11 is 0. The molecule has 0 radical (unpaired) electrons. The number of unbranched alkanes of at least 4 members (excludes halogenated alkanes) is 12. The quantitative estimate of drug-likeness (QED) is 0.0558. The maximum absolute atomic E-state index is 12.3. The molecule has 1 aliphatic carbocycles. The van der Waals surface area contributed by atoms with Gasteiger partial charge in [0.15, 0.2) is 0 Å². The lowest BCUT2D eigenvalue weighted by Gasteiger charge is -2.18. The van der Waals surface area contributed by atoms with Crippen LogP contribution < -0.4 is 5.32 Å². The molecular weight excluding hydrogens is 498 g/mol. The van der Waals surface area contributed by atoms with Crippen LogP contribution in [0.4, 0.5) is 0 Å². The van der Waals surface area contributed by atoms with Gasteiger partial charge in [0.05, 0.1) is 7.11 Å². The molecule has 0 aromatic carbocycles. The largest absolute Gasteiger partial charge is 0.469 e. The average molecular weight is 564 g/mol. The van der Waals surface area contributed by atoms with Crippen molar-refractivity contribution in [3.05, 3.63) is 12.2 Å². The van der Waals surface area contributed by atoms with Gasteiger partial charge in [-0.15, -0.1) is 0 Å². The molecular formula is C35H65NO4. The molecule has 0 aliphatic heterocycles. The Bertz CT molecular complexity index is 635. The normalized spacial score (nSPS) is 17.3. The molecule has 0 heterocycles. The van der Waals surface area contributed by atoms with Crippen LogP contribution in [0.5, 0.6) is 0 Å². The predicted octanol–water partition coefficient (Wildman–Crippen LogP) is 9.48. The second-order valence-corrected chi connectivity index (χ2v) is 12.2. The summed E-state index contributed by atoms with van der Waals surface area (Å²) in [6, 6.07) is 0. The summed E-state index contributed by atoms with van der Waals surface area (Å²) in [5.41, 5.74) is 0. The number of allylic oxidation sites excluding steroid dienone is 2. The second kappa shape index (κ2) is 26.5. The summed E-state index contributed by atoms with van der Waals surface area (Å²) in [5.74, 6) is 1.85. The van der Waals surface area contributed by atoms with Crippen molar-refractivity contribution in [2.75, 3.05) is 20.7 Å². The van der Waals surface area contributed by atoms with E-state index in [1.165, 1.54) is 116 Å². The van der Waals surface area contributed by atoms with Gasteiger partial charge in [0.2, 0.25) is 0 Å². The van der Waals surface area contributed by atoms with Gasteiger partial charge in [-0.2, -0.15) is 0 Å². The van der Waals surface area contributed by atoms with Crippen molar-refractivity contribution in [3.8, 4) is 0 Å². The SMILES string of the molecule is CCCCCCCCCC(CCCCCCC1CC1CCCCC/C=C/CCC(=O)OC)OC(=O)CCCNC. The molecule has 0 spiro atoms. The molecule has 0 bridgehead atoms. The van der Waals surface area contributed by atoms with Crippen LogP contribution >= 0.6 is 0 Å². The lowest BCUT2D eigenvalue weighted by atomic mass is 10.0. The molecule has 5 heteroatoms. The smallest absolute Gasteiger partial charge is 0.306 e. The van der Waals surface area contributed by atoms with Crippen LogP contribution in [0, 0.1) is 11.8 Å². The zero-order valence-corrected chi connectivity index (χ0v) is 26.7. The Morgan fingerprint density at radius 3 is 1.93 bits per heavy atom. The molecule has 3 unspecified atom stereocenters. The highest BCUT2D eigenvalue weighted by Crippen LogP contribution is 2.45. The van der Waals surface area contributed by atoms with Crippen LogP contribution in [0.2, 0.25) is 0 Å². The molecule has 0 aromatic rings. The molecule has 0 aromatic heterocycles. The molecule has 234 valence electrons. The van der Waals surface area contributed by atoms with E-state index in [9.17, 15) is 9.59 Å². The molecule has 40 heavy (non-hydrogen) atoms. The zero-order valence-electron chi connectivity index (χ0n) is 26.7. The van der Waals surface area contributed by atoms with Crippen LogP contribution in [-0.2, 0) is 19.1 Å². The van der Waals surface area contributed by atoms with Crippen LogP contribution in [0.3, 0.4) is 0 Å². The molecule has 5 nitrogen and oxygen atoms in total. The second-order valence-electron chi connectivity index (χ2n) is 12.2. The highest BCUT2D eigenvalue weighted by atomic mass is 16.5. The van der Waals surface area contributed by atoms with Crippen molar-refractivity contribution in [2.45, 2.75) is 167 Å². The Kier molecular flexibility index (Phi) is 24.3. The lowest BCUT2D eigenvalue weighted by Crippen LogP contribution is -2.19. The Balaban J connectivity index is 2.05. The van der Waals surface area contributed by atoms with E-state index < -0.39 is 0 Å². The monoisotopic (exact) mass is 563 g/mol. The minimum Gasteiger partial charge on any atom is -0.469 e. The summed E-state index contributed by atoms with van der Waals surface area (Å²) < 4.78 is 10.6. The molecule has 0 amide bonds. The first-order valence-corrected chi connectivity index (χ1v) is 17.2. The van der Waals surface area contributed by atoms with E-state index in [0.717, 1.165) is 50.5 Å². The van der Waals surface area contributed by atoms with E-state index in [0.29, 0.717) is 12.8 Å². The third kappa shape index (κ3) is 22.3. The van der Waals surface area contributed by atoms with E-state index in [1.54, 1.807) is 0 Å². The van der Waals surface area contributed by atoms with Gasteiger partial charge in [-0.1, -0.05) is 103 Å². The van der Waals surface area contributed by atoms with Gasteiger partial charge in [0, 0.05) is 12.8 Å².